The maximum atomic E-state index is 12.8. The summed E-state index contributed by atoms with van der Waals surface area (Å²) in [5.41, 5.74) is 5.59. The maximum absolute atomic E-state index is 12.8. The summed E-state index contributed by atoms with van der Waals surface area (Å²) in [6, 6.07) is 9.21. The zero-order valence-electron chi connectivity index (χ0n) is 16.3. The number of nitrogens with two attached hydrogens (primary N) is 1. The van der Waals surface area contributed by atoms with Crippen molar-refractivity contribution in [2.24, 2.45) is 0 Å². The highest BCUT2D eigenvalue weighted by Gasteiger charge is 2.25. The SMILES string of the molecule is COCCN(C(=O)CC(C)OC)c1c(N)n(Cc2ccccc2)c(=O)[nH]c1=O. The lowest BCUT2D eigenvalue weighted by Crippen LogP contribution is -2.43. The average Bonchev–Trinajstić information content (AvgIpc) is 2.68. The van der Waals surface area contributed by atoms with Crippen molar-refractivity contribution in [1.29, 1.82) is 0 Å². The molecule has 2 rings (SSSR count). The first-order valence-corrected chi connectivity index (χ1v) is 8.87. The molecule has 1 aromatic carbocycles. The van der Waals surface area contributed by atoms with E-state index in [1.807, 2.05) is 30.3 Å². The van der Waals surface area contributed by atoms with Crippen LogP contribution in [0.5, 0.6) is 0 Å². The van der Waals surface area contributed by atoms with E-state index in [-0.39, 0.29) is 49.6 Å². The summed E-state index contributed by atoms with van der Waals surface area (Å²) in [7, 11) is 2.99. The third-order valence-corrected chi connectivity index (χ3v) is 4.35. The Balaban J connectivity index is 2.50. The predicted molar refractivity (Wildman–Crippen MR) is 107 cm³/mol. The molecule has 0 aliphatic carbocycles. The van der Waals surface area contributed by atoms with Gasteiger partial charge >= 0.3 is 5.69 Å². The number of carbonyl (C=O) groups excluding carboxylic acids is 1. The topological polar surface area (TPSA) is 120 Å². The first kappa shape index (κ1) is 21.4. The number of nitrogen functional groups attached to an aromatic ring is 1. The number of nitrogens with one attached hydrogen (secondary N) is 1. The van der Waals surface area contributed by atoms with Gasteiger partial charge in [-0.1, -0.05) is 30.3 Å². The van der Waals surface area contributed by atoms with E-state index in [0.29, 0.717) is 0 Å². The Morgan fingerprint density at radius 2 is 1.93 bits per heavy atom. The molecule has 0 radical (unpaired) electrons. The molecule has 3 N–H and O–H groups in total. The van der Waals surface area contributed by atoms with Crippen LogP contribution < -0.4 is 21.9 Å². The zero-order chi connectivity index (χ0) is 20.7. The van der Waals surface area contributed by atoms with Crippen LogP contribution in [0.2, 0.25) is 0 Å². The molecule has 1 aromatic heterocycles. The zero-order valence-corrected chi connectivity index (χ0v) is 16.3. The summed E-state index contributed by atoms with van der Waals surface area (Å²) in [5.74, 6) is -0.430. The van der Waals surface area contributed by atoms with Gasteiger partial charge in [0, 0.05) is 20.8 Å². The number of methoxy groups -OCH3 is 2. The molecule has 0 fully saturated rings. The minimum Gasteiger partial charge on any atom is -0.383 e. The standard InChI is InChI=1S/C19H26N4O5/c1-13(28-3)11-15(24)22(9-10-27-2)16-17(20)23(19(26)21-18(16)25)12-14-7-5-4-6-8-14/h4-8,13H,9-12,20H2,1-3H3,(H,21,25,26). The molecule has 1 heterocycles. The number of hydrogen-bond donors (Lipinski definition) is 2. The number of rotatable bonds is 9. The summed E-state index contributed by atoms with van der Waals surface area (Å²) in [6.45, 7) is 2.22. The molecule has 0 saturated heterocycles. The van der Waals surface area contributed by atoms with E-state index in [2.05, 4.69) is 4.98 Å². The number of aromatic nitrogens is 2. The maximum Gasteiger partial charge on any atom is 0.330 e. The third-order valence-electron chi connectivity index (χ3n) is 4.35. The molecule has 9 nitrogen and oxygen atoms in total. The second-order valence-corrected chi connectivity index (χ2v) is 6.35. The molecule has 9 heteroatoms. The van der Waals surface area contributed by atoms with Gasteiger partial charge in [-0.3, -0.25) is 19.1 Å². The monoisotopic (exact) mass is 390 g/mol. The summed E-state index contributed by atoms with van der Waals surface area (Å²) < 4.78 is 11.4. The lowest BCUT2D eigenvalue weighted by Gasteiger charge is -2.25. The van der Waals surface area contributed by atoms with Crippen LogP contribution in [-0.2, 0) is 20.8 Å². The van der Waals surface area contributed by atoms with Crippen molar-refractivity contribution in [2.75, 3.05) is 38.0 Å². The summed E-state index contributed by atoms with van der Waals surface area (Å²) in [6.07, 6.45) is -0.287. The first-order valence-electron chi connectivity index (χ1n) is 8.87. The highest BCUT2D eigenvalue weighted by molar-refractivity contribution is 5.95. The molecule has 0 bridgehead atoms. The number of benzene rings is 1. The molecule has 1 unspecified atom stereocenters. The van der Waals surface area contributed by atoms with Crippen molar-refractivity contribution in [2.45, 2.75) is 26.0 Å². The van der Waals surface area contributed by atoms with E-state index in [1.54, 1.807) is 6.92 Å². The molecule has 0 aliphatic heterocycles. The van der Waals surface area contributed by atoms with Crippen LogP contribution >= 0.6 is 0 Å². The van der Waals surface area contributed by atoms with Gasteiger partial charge in [0.15, 0.2) is 5.69 Å². The van der Waals surface area contributed by atoms with Crippen LogP contribution in [0.4, 0.5) is 11.5 Å². The number of hydrogen-bond acceptors (Lipinski definition) is 6. The Kier molecular flexibility index (Phi) is 7.53. The molecule has 1 amide bonds. The van der Waals surface area contributed by atoms with Crippen molar-refractivity contribution >= 4 is 17.4 Å². The lowest BCUT2D eigenvalue weighted by molar-refractivity contribution is -0.120. The van der Waals surface area contributed by atoms with Crippen LogP contribution in [0, 0.1) is 0 Å². The van der Waals surface area contributed by atoms with Gasteiger partial charge in [0.2, 0.25) is 5.91 Å². The van der Waals surface area contributed by atoms with Gasteiger partial charge in [0.05, 0.1) is 25.7 Å². The predicted octanol–water partition coefficient (Wildman–Crippen LogP) is 0.572. The summed E-state index contributed by atoms with van der Waals surface area (Å²) in [4.78, 5) is 41.1. The van der Waals surface area contributed by atoms with Gasteiger partial charge in [-0.25, -0.2) is 4.79 Å². The molecule has 2 aromatic rings. The van der Waals surface area contributed by atoms with E-state index in [4.69, 9.17) is 15.2 Å². The molecular weight excluding hydrogens is 364 g/mol. The third kappa shape index (κ3) is 5.08. The molecule has 0 aliphatic rings. The Hall–Kier alpha value is -2.91. The van der Waals surface area contributed by atoms with Crippen molar-refractivity contribution in [1.82, 2.24) is 9.55 Å². The minimum absolute atomic E-state index is 0.0525. The lowest BCUT2D eigenvalue weighted by atomic mass is 10.2. The number of nitrogens with zero attached hydrogens (tertiary/aromatic N) is 2. The smallest absolute Gasteiger partial charge is 0.330 e. The van der Waals surface area contributed by atoms with Crippen LogP contribution in [0.25, 0.3) is 0 Å². The quantitative estimate of drug-likeness (QED) is 0.646. The van der Waals surface area contributed by atoms with Gasteiger partial charge in [-0.2, -0.15) is 0 Å². The molecule has 1 atom stereocenters. The van der Waals surface area contributed by atoms with Crippen LogP contribution in [0.3, 0.4) is 0 Å². The fourth-order valence-corrected chi connectivity index (χ4v) is 2.74. The molecule has 0 saturated carbocycles. The van der Waals surface area contributed by atoms with E-state index >= 15 is 0 Å². The van der Waals surface area contributed by atoms with E-state index in [0.717, 1.165) is 5.56 Å². The van der Waals surface area contributed by atoms with E-state index < -0.39 is 11.2 Å². The van der Waals surface area contributed by atoms with Crippen LogP contribution in [-0.4, -0.2) is 48.9 Å². The van der Waals surface area contributed by atoms with Crippen molar-refractivity contribution in [3.8, 4) is 0 Å². The summed E-state index contributed by atoms with van der Waals surface area (Å²) in [5, 5.41) is 0. The highest BCUT2D eigenvalue weighted by atomic mass is 16.5. The van der Waals surface area contributed by atoms with Crippen molar-refractivity contribution in [3.63, 3.8) is 0 Å². The molecular formula is C19H26N4O5. The highest BCUT2D eigenvalue weighted by Crippen LogP contribution is 2.19. The van der Waals surface area contributed by atoms with E-state index in [9.17, 15) is 14.4 Å². The van der Waals surface area contributed by atoms with Crippen molar-refractivity contribution in [3.05, 3.63) is 56.7 Å². The minimum atomic E-state index is -0.721. The normalized spacial score (nSPS) is 12.0. The van der Waals surface area contributed by atoms with Crippen molar-refractivity contribution < 1.29 is 14.3 Å². The van der Waals surface area contributed by atoms with Crippen LogP contribution in [0.1, 0.15) is 18.9 Å². The number of H-pyrrole nitrogens is 1. The fraction of sp³-hybridized carbons (Fsp3) is 0.421. The molecule has 152 valence electrons. The largest absolute Gasteiger partial charge is 0.383 e. The van der Waals surface area contributed by atoms with Gasteiger partial charge in [0.25, 0.3) is 5.56 Å². The van der Waals surface area contributed by atoms with Gasteiger partial charge in [-0.15, -0.1) is 0 Å². The number of ether oxygens (including phenoxy) is 2. The second-order valence-electron chi connectivity index (χ2n) is 6.35. The summed E-state index contributed by atoms with van der Waals surface area (Å²) >= 11 is 0. The molecule has 0 spiro atoms. The second kappa shape index (κ2) is 9.86. The molecule has 28 heavy (non-hydrogen) atoms. The Morgan fingerprint density at radius 1 is 1.25 bits per heavy atom. The van der Waals surface area contributed by atoms with Crippen LogP contribution in [0.15, 0.2) is 39.9 Å². The number of anilines is 2. The van der Waals surface area contributed by atoms with Gasteiger partial charge in [-0.05, 0) is 12.5 Å². The Bertz CT molecular complexity index is 907. The number of aromatic amines is 1. The van der Waals surface area contributed by atoms with E-state index in [1.165, 1.54) is 23.7 Å². The number of amides is 1. The Labute approximate surface area is 162 Å². The van der Waals surface area contributed by atoms with Gasteiger partial charge < -0.3 is 20.1 Å². The average molecular weight is 390 g/mol. The number of carbonyl (C=O) groups is 1. The van der Waals surface area contributed by atoms with Gasteiger partial charge in [0.1, 0.15) is 5.82 Å². The first-order chi connectivity index (χ1) is 13.4. The fourth-order valence-electron chi connectivity index (χ4n) is 2.74. The Morgan fingerprint density at radius 3 is 2.54 bits per heavy atom.